The van der Waals surface area contributed by atoms with Gasteiger partial charge in [0.15, 0.2) is 0 Å². The molecule has 0 atom stereocenters. The lowest BCUT2D eigenvalue weighted by Gasteiger charge is -2.31. The smallest absolute Gasteiger partial charge is 0.222 e. The molecule has 1 fully saturated rings. The van der Waals surface area contributed by atoms with Crippen molar-refractivity contribution < 1.29 is 4.79 Å². The second-order valence-corrected chi connectivity index (χ2v) is 6.66. The molecule has 1 amide bonds. The fourth-order valence-corrected chi connectivity index (χ4v) is 3.53. The van der Waals surface area contributed by atoms with E-state index >= 15 is 0 Å². The summed E-state index contributed by atoms with van der Waals surface area (Å²) in [5.74, 6) is 0.327. The molecule has 1 aliphatic heterocycles. The molecule has 1 saturated heterocycles. The van der Waals surface area contributed by atoms with Crippen molar-refractivity contribution in [2.75, 3.05) is 20.1 Å². The maximum Gasteiger partial charge on any atom is 0.222 e. The highest BCUT2D eigenvalue weighted by Crippen LogP contribution is 2.15. The Hall–Kier alpha value is -0.580. The highest BCUT2D eigenvalue weighted by Gasteiger charge is 2.21. The Balaban J connectivity index is 0.00000220. The minimum absolute atomic E-state index is 0. The molecule has 0 saturated carbocycles. The average Bonchev–Trinajstić information content (AvgIpc) is 3.00. The van der Waals surface area contributed by atoms with Gasteiger partial charge in [0.05, 0.1) is 0 Å². The molecular weight excluding hydrogens is 304 g/mol. The largest absolute Gasteiger partial charge is 0.343 e. The third kappa shape index (κ3) is 6.37. The van der Waals surface area contributed by atoms with Crippen molar-refractivity contribution in [2.45, 2.75) is 51.0 Å². The molecule has 2 heterocycles. The number of carbonyl (C=O) groups is 1. The van der Waals surface area contributed by atoms with Crippen molar-refractivity contribution in [3.05, 3.63) is 22.4 Å². The summed E-state index contributed by atoms with van der Waals surface area (Å²) in [5, 5.41) is 5.48. The first-order chi connectivity index (χ1) is 9.77. The van der Waals surface area contributed by atoms with Gasteiger partial charge in [-0.2, -0.15) is 0 Å². The number of piperidine rings is 1. The van der Waals surface area contributed by atoms with Crippen LogP contribution in [0, 0.1) is 0 Å². The predicted molar refractivity (Wildman–Crippen MR) is 92.4 cm³/mol. The standard InChI is InChI=1S/C16H26N2OS.ClH/c1-18(14-9-11-17-12-10-14)16(19)8-4-2-3-6-15-7-5-13-20-15;/h5,7,13-14,17H,2-4,6,8-12H2,1H3;1H. The van der Waals surface area contributed by atoms with E-state index in [4.69, 9.17) is 0 Å². The Kier molecular flexibility index (Phi) is 8.97. The SMILES string of the molecule is CN(C(=O)CCCCCc1cccs1)C1CCNCC1.Cl. The van der Waals surface area contributed by atoms with E-state index in [0.717, 1.165) is 45.2 Å². The number of aryl methyl sites for hydroxylation is 1. The number of thiophene rings is 1. The van der Waals surface area contributed by atoms with Gasteiger partial charge in [0.1, 0.15) is 0 Å². The number of nitrogens with zero attached hydrogens (tertiary/aromatic N) is 1. The van der Waals surface area contributed by atoms with Gasteiger partial charge in [0.2, 0.25) is 5.91 Å². The number of halogens is 1. The lowest BCUT2D eigenvalue weighted by atomic mass is 10.0. The molecule has 0 unspecified atom stereocenters. The van der Waals surface area contributed by atoms with E-state index in [0.29, 0.717) is 18.4 Å². The van der Waals surface area contributed by atoms with E-state index in [1.165, 1.54) is 11.3 Å². The summed E-state index contributed by atoms with van der Waals surface area (Å²) in [6, 6.07) is 4.76. The maximum atomic E-state index is 12.1. The van der Waals surface area contributed by atoms with Gasteiger partial charge >= 0.3 is 0 Å². The molecule has 21 heavy (non-hydrogen) atoms. The normalized spacial score (nSPS) is 15.5. The van der Waals surface area contributed by atoms with Crippen LogP contribution in [-0.4, -0.2) is 37.0 Å². The monoisotopic (exact) mass is 330 g/mol. The zero-order valence-electron chi connectivity index (χ0n) is 12.8. The molecular formula is C16H27ClN2OS. The average molecular weight is 331 g/mol. The molecule has 1 N–H and O–H groups in total. The predicted octanol–water partition coefficient (Wildman–Crippen LogP) is 3.48. The Morgan fingerprint density at radius 2 is 2.10 bits per heavy atom. The van der Waals surface area contributed by atoms with Crippen LogP contribution in [0.15, 0.2) is 17.5 Å². The summed E-state index contributed by atoms with van der Waals surface area (Å²) >= 11 is 1.83. The van der Waals surface area contributed by atoms with Gasteiger partial charge < -0.3 is 10.2 Å². The fourth-order valence-electron chi connectivity index (χ4n) is 2.78. The Bertz CT molecular complexity index is 391. The second-order valence-electron chi connectivity index (χ2n) is 5.63. The van der Waals surface area contributed by atoms with Crippen LogP contribution in [0.2, 0.25) is 0 Å². The van der Waals surface area contributed by atoms with Gasteiger partial charge in [-0.05, 0) is 56.6 Å². The molecule has 0 aliphatic carbocycles. The number of rotatable bonds is 7. The van der Waals surface area contributed by atoms with Gasteiger partial charge in [-0.1, -0.05) is 12.5 Å². The Morgan fingerprint density at radius 3 is 2.76 bits per heavy atom. The quantitative estimate of drug-likeness (QED) is 0.776. The fraction of sp³-hybridized carbons (Fsp3) is 0.688. The maximum absolute atomic E-state index is 12.1. The van der Waals surface area contributed by atoms with Gasteiger partial charge in [0.25, 0.3) is 0 Å². The van der Waals surface area contributed by atoms with Crippen molar-refractivity contribution in [3.8, 4) is 0 Å². The Morgan fingerprint density at radius 1 is 1.33 bits per heavy atom. The van der Waals surface area contributed by atoms with E-state index in [1.54, 1.807) is 0 Å². The first-order valence-corrected chi connectivity index (χ1v) is 8.64. The topological polar surface area (TPSA) is 32.3 Å². The molecule has 0 aromatic carbocycles. The van der Waals surface area contributed by atoms with Crippen LogP contribution in [0.5, 0.6) is 0 Å². The minimum Gasteiger partial charge on any atom is -0.343 e. The lowest BCUT2D eigenvalue weighted by Crippen LogP contribution is -2.43. The zero-order chi connectivity index (χ0) is 14.2. The van der Waals surface area contributed by atoms with Crippen LogP contribution in [0.4, 0.5) is 0 Å². The number of hydrogen-bond donors (Lipinski definition) is 1. The van der Waals surface area contributed by atoms with Gasteiger partial charge in [0, 0.05) is 24.4 Å². The molecule has 0 spiro atoms. The highest BCUT2D eigenvalue weighted by molar-refractivity contribution is 7.09. The number of hydrogen-bond acceptors (Lipinski definition) is 3. The summed E-state index contributed by atoms with van der Waals surface area (Å²) < 4.78 is 0. The minimum atomic E-state index is 0. The van der Waals surface area contributed by atoms with E-state index in [2.05, 4.69) is 22.8 Å². The van der Waals surface area contributed by atoms with Crippen LogP contribution in [0.1, 0.15) is 43.4 Å². The molecule has 1 aromatic heterocycles. The van der Waals surface area contributed by atoms with Crippen LogP contribution >= 0.6 is 23.7 Å². The first kappa shape index (κ1) is 18.5. The summed E-state index contributed by atoms with van der Waals surface area (Å²) in [4.78, 5) is 15.6. The Labute approximate surface area is 138 Å². The van der Waals surface area contributed by atoms with Crippen LogP contribution in [0.3, 0.4) is 0 Å². The van der Waals surface area contributed by atoms with E-state index < -0.39 is 0 Å². The molecule has 5 heteroatoms. The lowest BCUT2D eigenvalue weighted by molar-refractivity contribution is -0.132. The van der Waals surface area contributed by atoms with Crippen LogP contribution in [0.25, 0.3) is 0 Å². The highest BCUT2D eigenvalue weighted by atomic mass is 35.5. The number of nitrogens with one attached hydrogen (secondary N) is 1. The number of carbonyl (C=O) groups excluding carboxylic acids is 1. The summed E-state index contributed by atoms with van der Waals surface area (Å²) in [5.41, 5.74) is 0. The van der Waals surface area contributed by atoms with E-state index in [-0.39, 0.29) is 12.4 Å². The summed E-state index contributed by atoms with van der Waals surface area (Å²) in [7, 11) is 1.98. The van der Waals surface area contributed by atoms with Crippen molar-refractivity contribution in [1.82, 2.24) is 10.2 Å². The van der Waals surface area contributed by atoms with Crippen molar-refractivity contribution in [1.29, 1.82) is 0 Å². The van der Waals surface area contributed by atoms with Crippen LogP contribution < -0.4 is 5.32 Å². The van der Waals surface area contributed by atoms with Crippen molar-refractivity contribution >= 4 is 29.7 Å². The van der Waals surface area contributed by atoms with E-state index in [1.807, 2.05) is 23.3 Å². The molecule has 2 rings (SSSR count). The first-order valence-electron chi connectivity index (χ1n) is 7.76. The van der Waals surface area contributed by atoms with Crippen molar-refractivity contribution in [3.63, 3.8) is 0 Å². The van der Waals surface area contributed by atoms with Gasteiger partial charge in [-0.3, -0.25) is 4.79 Å². The number of amides is 1. The van der Waals surface area contributed by atoms with Crippen LogP contribution in [-0.2, 0) is 11.2 Å². The van der Waals surface area contributed by atoms with Gasteiger partial charge in [-0.15, -0.1) is 23.7 Å². The van der Waals surface area contributed by atoms with Gasteiger partial charge in [-0.25, -0.2) is 0 Å². The van der Waals surface area contributed by atoms with E-state index in [9.17, 15) is 4.79 Å². The summed E-state index contributed by atoms with van der Waals surface area (Å²) in [6.07, 6.45) is 7.45. The summed E-state index contributed by atoms with van der Waals surface area (Å²) in [6.45, 7) is 2.09. The molecule has 0 bridgehead atoms. The zero-order valence-corrected chi connectivity index (χ0v) is 14.5. The molecule has 1 aromatic rings. The third-order valence-corrected chi connectivity index (χ3v) is 5.08. The molecule has 1 aliphatic rings. The molecule has 3 nitrogen and oxygen atoms in total. The molecule has 120 valence electrons. The number of unbranched alkanes of at least 4 members (excludes halogenated alkanes) is 2. The third-order valence-electron chi connectivity index (χ3n) is 4.14. The molecule has 0 radical (unpaired) electrons. The van der Waals surface area contributed by atoms with Crippen molar-refractivity contribution in [2.24, 2.45) is 0 Å². The second kappa shape index (κ2) is 10.2.